The zero-order valence-corrected chi connectivity index (χ0v) is 12.9. The minimum Gasteiger partial charge on any atom is -1.00 e. The van der Waals surface area contributed by atoms with Crippen molar-refractivity contribution in [3.8, 4) is 0 Å². The van der Waals surface area contributed by atoms with Gasteiger partial charge in [-0.3, -0.25) is 0 Å². The van der Waals surface area contributed by atoms with Crippen molar-refractivity contribution in [3.63, 3.8) is 0 Å². The van der Waals surface area contributed by atoms with Crippen LogP contribution in [0.4, 0.5) is 13.2 Å². The van der Waals surface area contributed by atoms with Crippen LogP contribution in [0, 0.1) is 0 Å². The minimum atomic E-state index is -4.43. The second kappa shape index (κ2) is 6.39. The molecule has 1 nitrogen and oxygen atoms in total. The maximum atomic E-state index is 12.5. The molecule has 0 N–H and O–H groups in total. The predicted octanol–water partition coefficient (Wildman–Crippen LogP) is -1.90. The molecular weight excluding hydrogens is 313 g/mol. The fourth-order valence-corrected chi connectivity index (χ4v) is 2.63. The Hall–Kier alpha value is 0.433. The molecule has 0 aromatic heterocycles. The molecule has 16 heavy (non-hydrogen) atoms. The first-order valence-corrected chi connectivity index (χ1v) is 7.01. The molecule has 0 bridgehead atoms. The summed E-state index contributed by atoms with van der Waals surface area (Å²) < 4.78 is 37.4. The number of alkyl halides is 3. The SMILES string of the molecule is C[Si](C)([O-])c1ccccc1C(F)(F)F.[Br-].[Mg+2]. The molecule has 0 radical (unpaired) electrons. The number of rotatable bonds is 1. The Morgan fingerprint density at radius 1 is 1.12 bits per heavy atom. The van der Waals surface area contributed by atoms with Crippen molar-refractivity contribution >= 4 is 36.6 Å². The van der Waals surface area contributed by atoms with E-state index in [-0.39, 0.29) is 45.2 Å². The maximum Gasteiger partial charge on any atom is 2.00 e. The van der Waals surface area contributed by atoms with Crippen LogP contribution in [0.1, 0.15) is 5.56 Å². The van der Waals surface area contributed by atoms with Crippen LogP contribution < -0.4 is 27.0 Å². The Balaban J connectivity index is 0. The number of hydrogen-bond donors (Lipinski definition) is 0. The molecule has 0 atom stereocenters. The maximum absolute atomic E-state index is 12.5. The van der Waals surface area contributed by atoms with Crippen molar-refractivity contribution in [2.45, 2.75) is 19.3 Å². The second-order valence-electron chi connectivity index (χ2n) is 3.55. The monoisotopic (exact) mass is 322 g/mol. The van der Waals surface area contributed by atoms with Gasteiger partial charge >= 0.3 is 29.2 Å². The normalized spacial score (nSPS) is 11.4. The van der Waals surface area contributed by atoms with Crippen molar-refractivity contribution < 1.29 is 34.9 Å². The molecule has 86 valence electrons. The summed E-state index contributed by atoms with van der Waals surface area (Å²) in [4.78, 5) is 11.6. The van der Waals surface area contributed by atoms with E-state index in [9.17, 15) is 18.0 Å². The van der Waals surface area contributed by atoms with Gasteiger partial charge in [-0.25, -0.2) is 0 Å². The van der Waals surface area contributed by atoms with Crippen molar-refractivity contribution in [1.29, 1.82) is 0 Å². The molecule has 0 saturated carbocycles. The number of hydrogen-bond acceptors (Lipinski definition) is 1. The van der Waals surface area contributed by atoms with Gasteiger partial charge in [0.05, 0.1) is 5.56 Å². The molecule has 0 amide bonds. The summed E-state index contributed by atoms with van der Waals surface area (Å²) in [5, 5.41) is -0.0764. The van der Waals surface area contributed by atoms with Gasteiger partial charge in [-0.05, 0) is 8.32 Å². The van der Waals surface area contributed by atoms with Crippen molar-refractivity contribution in [2.75, 3.05) is 0 Å². The quantitative estimate of drug-likeness (QED) is 0.554. The van der Waals surface area contributed by atoms with E-state index in [2.05, 4.69) is 0 Å². The van der Waals surface area contributed by atoms with Crippen LogP contribution in [-0.4, -0.2) is 31.4 Å². The van der Waals surface area contributed by atoms with Crippen LogP contribution in [0.5, 0.6) is 0 Å². The van der Waals surface area contributed by atoms with Crippen LogP contribution in [0.25, 0.3) is 0 Å². The zero-order chi connectivity index (χ0) is 11.0. The van der Waals surface area contributed by atoms with Gasteiger partial charge in [0.25, 0.3) is 0 Å². The molecular formula is C9H10BrF3MgOSi. The van der Waals surface area contributed by atoms with E-state index in [0.717, 1.165) is 6.07 Å². The number of halogens is 4. The first-order valence-electron chi connectivity index (χ1n) is 4.10. The zero-order valence-electron chi connectivity index (χ0n) is 8.94. The van der Waals surface area contributed by atoms with Gasteiger partial charge in [0.2, 0.25) is 0 Å². The van der Waals surface area contributed by atoms with Crippen LogP contribution in [0.2, 0.25) is 13.1 Å². The third-order valence-corrected chi connectivity index (χ3v) is 3.61. The molecule has 7 heteroatoms. The van der Waals surface area contributed by atoms with Gasteiger partial charge in [-0.1, -0.05) is 42.5 Å². The smallest absolute Gasteiger partial charge is 1.00 e. The van der Waals surface area contributed by atoms with Crippen LogP contribution in [-0.2, 0) is 6.18 Å². The van der Waals surface area contributed by atoms with E-state index in [1.54, 1.807) is 0 Å². The molecule has 0 aliphatic heterocycles. The summed E-state index contributed by atoms with van der Waals surface area (Å²) in [6.45, 7) is 2.72. The topological polar surface area (TPSA) is 23.1 Å². The molecule has 1 aromatic rings. The molecule has 0 heterocycles. The first-order chi connectivity index (χ1) is 6.23. The predicted molar refractivity (Wildman–Crippen MR) is 54.3 cm³/mol. The third kappa shape index (κ3) is 4.74. The van der Waals surface area contributed by atoms with Crippen LogP contribution >= 0.6 is 0 Å². The van der Waals surface area contributed by atoms with E-state index in [0.29, 0.717) is 0 Å². The van der Waals surface area contributed by atoms with Crippen molar-refractivity contribution in [3.05, 3.63) is 29.8 Å². The molecule has 1 aromatic carbocycles. The van der Waals surface area contributed by atoms with E-state index < -0.39 is 20.1 Å². The van der Waals surface area contributed by atoms with E-state index in [1.807, 2.05) is 0 Å². The molecule has 0 spiro atoms. The fraction of sp³-hybridized carbons (Fsp3) is 0.333. The molecule has 0 aliphatic rings. The summed E-state index contributed by atoms with van der Waals surface area (Å²) in [6, 6.07) is 5.01. The summed E-state index contributed by atoms with van der Waals surface area (Å²) in [7, 11) is -3.16. The van der Waals surface area contributed by atoms with Gasteiger partial charge in [-0.2, -0.15) is 13.2 Å². The van der Waals surface area contributed by atoms with Gasteiger partial charge < -0.3 is 21.8 Å². The summed E-state index contributed by atoms with van der Waals surface area (Å²) in [5.74, 6) is 0. The van der Waals surface area contributed by atoms with Gasteiger partial charge in [-0.15, -0.1) is 0 Å². The summed E-state index contributed by atoms with van der Waals surface area (Å²) in [6.07, 6.45) is -4.43. The first kappa shape index (κ1) is 18.8. The van der Waals surface area contributed by atoms with E-state index in [1.165, 1.54) is 31.3 Å². The molecule has 0 unspecified atom stereocenters. The van der Waals surface area contributed by atoms with Crippen LogP contribution in [0.3, 0.4) is 0 Å². The third-order valence-electron chi connectivity index (χ3n) is 1.88. The average molecular weight is 323 g/mol. The van der Waals surface area contributed by atoms with Gasteiger partial charge in [0, 0.05) is 0 Å². The van der Waals surface area contributed by atoms with Crippen molar-refractivity contribution in [2.24, 2.45) is 0 Å². The Bertz CT molecular complexity index is 305. The van der Waals surface area contributed by atoms with Gasteiger partial charge in [0.15, 0.2) is 0 Å². The Morgan fingerprint density at radius 2 is 1.56 bits per heavy atom. The second-order valence-corrected chi connectivity index (χ2v) is 7.11. The Kier molecular flexibility index (Phi) is 7.50. The standard InChI is InChI=1S/C9H10F3OSi.BrH.Mg/c1-14(2,13)8-6-4-3-5-7(8)9(10,11)12;;/h3-6H,1-2H3;1H;/q-1;;+2/p-1. The largest absolute Gasteiger partial charge is 2.00 e. The Morgan fingerprint density at radius 3 is 1.88 bits per heavy atom. The van der Waals surface area contributed by atoms with E-state index in [4.69, 9.17) is 0 Å². The fourth-order valence-electron chi connectivity index (χ4n) is 1.26. The van der Waals surface area contributed by atoms with Crippen LogP contribution in [0.15, 0.2) is 24.3 Å². The molecule has 0 saturated heterocycles. The van der Waals surface area contributed by atoms with E-state index >= 15 is 0 Å². The average Bonchev–Trinajstić information content (AvgIpc) is 2.01. The summed E-state index contributed by atoms with van der Waals surface area (Å²) >= 11 is 0. The summed E-state index contributed by atoms with van der Waals surface area (Å²) in [5.41, 5.74) is -0.785. The minimum absolute atomic E-state index is 0. The van der Waals surface area contributed by atoms with Gasteiger partial charge in [0.1, 0.15) is 0 Å². The molecule has 1 rings (SSSR count). The Labute approximate surface area is 120 Å². The van der Waals surface area contributed by atoms with Crippen molar-refractivity contribution in [1.82, 2.24) is 0 Å². The molecule has 0 aliphatic carbocycles. The molecule has 0 fully saturated rings. The number of benzene rings is 1.